The smallest absolute Gasteiger partial charge is 0.275 e. The summed E-state index contributed by atoms with van der Waals surface area (Å²) in [6.07, 6.45) is 11.3. The van der Waals surface area contributed by atoms with Gasteiger partial charge in [-0.05, 0) is 31.6 Å². The average Bonchev–Trinajstić information content (AvgIpc) is 2.99. The summed E-state index contributed by atoms with van der Waals surface area (Å²) in [4.78, 5) is 16.9. The summed E-state index contributed by atoms with van der Waals surface area (Å²) in [6.45, 7) is 4.48. The molecule has 2 rings (SSSR count). The summed E-state index contributed by atoms with van der Waals surface area (Å²) in [5.41, 5.74) is 2.64. The molecule has 18 heavy (non-hydrogen) atoms. The van der Waals surface area contributed by atoms with Gasteiger partial charge in [0.2, 0.25) is 0 Å². The van der Waals surface area contributed by atoms with Crippen molar-refractivity contribution in [2.75, 3.05) is 6.67 Å². The predicted molar refractivity (Wildman–Crippen MR) is 72.7 cm³/mol. The molecule has 4 nitrogen and oxygen atoms in total. The van der Waals surface area contributed by atoms with Crippen LogP contribution in [-0.4, -0.2) is 22.5 Å². The second-order valence-electron chi connectivity index (χ2n) is 4.12. The molecule has 0 bridgehead atoms. The van der Waals surface area contributed by atoms with Crippen LogP contribution >= 0.6 is 0 Å². The Morgan fingerprint density at radius 1 is 1.44 bits per heavy atom. The molecule has 4 heteroatoms. The van der Waals surface area contributed by atoms with Gasteiger partial charge in [-0.25, -0.2) is 0 Å². The molecule has 0 aromatic carbocycles. The molecular weight excluding hydrogens is 226 g/mol. The maximum absolute atomic E-state index is 12.1. The molecule has 0 radical (unpaired) electrons. The predicted octanol–water partition coefficient (Wildman–Crippen LogP) is 2.39. The van der Waals surface area contributed by atoms with E-state index in [4.69, 9.17) is 0 Å². The number of carbonyl (C=O) groups is 1. The van der Waals surface area contributed by atoms with Gasteiger partial charge in [0.1, 0.15) is 5.69 Å². The largest absolute Gasteiger partial charge is 0.372 e. The lowest BCUT2D eigenvalue weighted by Gasteiger charge is -2.10. The summed E-state index contributed by atoms with van der Waals surface area (Å²) in [5.74, 6) is -0.0231. The minimum atomic E-state index is -0.0231. The zero-order valence-corrected chi connectivity index (χ0v) is 10.6. The van der Waals surface area contributed by atoms with Gasteiger partial charge in [0.05, 0.1) is 6.67 Å². The summed E-state index contributed by atoms with van der Waals surface area (Å²) in [7, 11) is 0. The van der Waals surface area contributed by atoms with Crippen molar-refractivity contribution in [2.24, 2.45) is 0 Å². The molecule has 0 saturated heterocycles. The molecule has 0 fully saturated rings. The summed E-state index contributed by atoms with van der Waals surface area (Å²) in [5, 5.41) is 2.97. The lowest BCUT2D eigenvalue weighted by Crippen LogP contribution is -2.27. The fourth-order valence-electron chi connectivity index (χ4n) is 1.77. The van der Waals surface area contributed by atoms with Crippen molar-refractivity contribution in [1.29, 1.82) is 0 Å². The summed E-state index contributed by atoms with van der Waals surface area (Å²) in [6, 6.07) is 1.88. The van der Waals surface area contributed by atoms with Crippen LogP contribution in [0.1, 0.15) is 28.7 Å². The van der Waals surface area contributed by atoms with Crippen LogP contribution in [0.2, 0.25) is 0 Å². The van der Waals surface area contributed by atoms with Gasteiger partial charge in [0, 0.05) is 18.1 Å². The molecule has 0 aliphatic carbocycles. The molecule has 1 aliphatic heterocycles. The summed E-state index contributed by atoms with van der Waals surface area (Å²) < 4.78 is 0. The third-order valence-electron chi connectivity index (χ3n) is 2.75. The number of amides is 1. The number of hydrogen-bond donors (Lipinski definition) is 2. The molecule has 1 amide bonds. The molecule has 0 atom stereocenters. The minimum Gasteiger partial charge on any atom is -0.372 e. The van der Waals surface area contributed by atoms with E-state index in [9.17, 15) is 4.79 Å². The highest BCUT2D eigenvalue weighted by Crippen LogP contribution is 2.14. The molecule has 0 saturated carbocycles. The number of aromatic amines is 1. The molecule has 0 unspecified atom stereocenters. The number of nitrogens with zero attached hydrogens (tertiary/aromatic N) is 1. The Labute approximate surface area is 107 Å². The molecule has 0 spiro atoms. The van der Waals surface area contributed by atoms with Crippen LogP contribution in [0.5, 0.6) is 0 Å². The van der Waals surface area contributed by atoms with Crippen molar-refractivity contribution in [3.63, 3.8) is 0 Å². The first-order valence-corrected chi connectivity index (χ1v) is 5.92. The van der Waals surface area contributed by atoms with Gasteiger partial charge < -0.3 is 10.3 Å². The number of allylic oxidation sites excluding steroid dienone is 3. The molecule has 2 heterocycles. The van der Waals surface area contributed by atoms with Gasteiger partial charge >= 0.3 is 0 Å². The van der Waals surface area contributed by atoms with Gasteiger partial charge in [0.25, 0.3) is 5.91 Å². The van der Waals surface area contributed by atoms with E-state index < -0.39 is 0 Å². The summed E-state index contributed by atoms with van der Waals surface area (Å²) >= 11 is 0. The fourth-order valence-corrected chi connectivity index (χ4v) is 1.77. The maximum Gasteiger partial charge on any atom is 0.275 e. The second kappa shape index (κ2) is 5.40. The zero-order chi connectivity index (χ0) is 13.0. The van der Waals surface area contributed by atoms with E-state index in [-0.39, 0.29) is 5.91 Å². The fraction of sp³-hybridized carbons (Fsp3) is 0.214. The Hall–Kier alpha value is -2.23. The Kier molecular flexibility index (Phi) is 3.67. The molecular formula is C14H17N3O. The Morgan fingerprint density at radius 3 is 2.94 bits per heavy atom. The average molecular weight is 243 g/mol. The molecule has 1 aromatic heterocycles. The standard InChI is InChI=1S/C14H17N3O/c1-3-4-5-6-12-11(2)9-13(16-12)14(18)17-8-7-15-10-17/h3-9,15-16H,10H2,1-2H3/b4-3+,6-5-. The number of carbonyl (C=O) groups excluding carboxylic acids is 1. The number of H-pyrrole nitrogens is 1. The van der Waals surface area contributed by atoms with Crippen LogP contribution in [0, 0.1) is 6.92 Å². The van der Waals surface area contributed by atoms with Crippen molar-refractivity contribution in [1.82, 2.24) is 15.2 Å². The Morgan fingerprint density at radius 2 is 2.28 bits per heavy atom. The SMILES string of the molecule is C/C=C/C=C\c1[nH]c(C(=O)N2C=CNC2)cc1C. The van der Waals surface area contributed by atoms with E-state index in [1.54, 1.807) is 17.3 Å². The molecule has 1 aromatic rings. The van der Waals surface area contributed by atoms with E-state index in [2.05, 4.69) is 10.3 Å². The topological polar surface area (TPSA) is 48.1 Å². The molecule has 94 valence electrons. The van der Waals surface area contributed by atoms with E-state index in [1.165, 1.54) is 0 Å². The molecule has 1 aliphatic rings. The Bertz CT molecular complexity index is 523. The zero-order valence-electron chi connectivity index (χ0n) is 10.6. The molecule has 2 N–H and O–H groups in total. The Balaban J connectivity index is 2.17. The third-order valence-corrected chi connectivity index (χ3v) is 2.75. The lowest BCUT2D eigenvalue weighted by atomic mass is 10.2. The minimum absolute atomic E-state index is 0.0231. The first kappa shape index (κ1) is 12.2. The number of aryl methyl sites for hydroxylation is 1. The van der Waals surface area contributed by atoms with Crippen LogP contribution in [0.25, 0.3) is 6.08 Å². The number of rotatable bonds is 3. The van der Waals surface area contributed by atoms with E-state index in [0.717, 1.165) is 11.3 Å². The van der Waals surface area contributed by atoms with Crippen LogP contribution in [0.4, 0.5) is 0 Å². The van der Waals surface area contributed by atoms with Crippen molar-refractivity contribution < 1.29 is 4.79 Å². The first-order chi connectivity index (χ1) is 8.72. The van der Waals surface area contributed by atoms with Crippen molar-refractivity contribution in [3.05, 3.63) is 53.6 Å². The van der Waals surface area contributed by atoms with Crippen molar-refractivity contribution in [2.45, 2.75) is 13.8 Å². The monoisotopic (exact) mass is 243 g/mol. The van der Waals surface area contributed by atoms with Crippen LogP contribution in [-0.2, 0) is 0 Å². The normalized spacial score (nSPS) is 14.9. The number of hydrogen-bond acceptors (Lipinski definition) is 2. The van der Waals surface area contributed by atoms with Crippen LogP contribution < -0.4 is 5.32 Å². The van der Waals surface area contributed by atoms with E-state index in [0.29, 0.717) is 12.4 Å². The highest BCUT2D eigenvalue weighted by Gasteiger charge is 2.17. The lowest BCUT2D eigenvalue weighted by molar-refractivity contribution is 0.0824. The van der Waals surface area contributed by atoms with E-state index >= 15 is 0 Å². The van der Waals surface area contributed by atoms with Crippen molar-refractivity contribution >= 4 is 12.0 Å². The maximum atomic E-state index is 12.1. The van der Waals surface area contributed by atoms with Gasteiger partial charge in [-0.1, -0.05) is 18.2 Å². The van der Waals surface area contributed by atoms with Crippen molar-refractivity contribution in [3.8, 4) is 0 Å². The highest BCUT2D eigenvalue weighted by molar-refractivity contribution is 5.94. The number of aromatic nitrogens is 1. The van der Waals surface area contributed by atoms with E-state index in [1.807, 2.05) is 44.2 Å². The third kappa shape index (κ3) is 2.53. The number of nitrogens with one attached hydrogen (secondary N) is 2. The van der Waals surface area contributed by atoms with Crippen LogP contribution in [0.15, 0.2) is 36.7 Å². The first-order valence-electron chi connectivity index (χ1n) is 5.92. The van der Waals surface area contributed by atoms with Gasteiger partial charge in [-0.3, -0.25) is 9.69 Å². The quantitative estimate of drug-likeness (QED) is 0.801. The van der Waals surface area contributed by atoms with Gasteiger partial charge in [-0.2, -0.15) is 0 Å². The van der Waals surface area contributed by atoms with Gasteiger partial charge in [-0.15, -0.1) is 0 Å². The van der Waals surface area contributed by atoms with Crippen LogP contribution in [0.3, 0.4) is 0 Å². The second-order valence-corrected chi connectivity index (χ2v) is 4.12. The van der Waals surface area contributed by atoms with Gasteiger partial charge in [0.15, 0.2) is 0 Å². The highest BCUT2D eigenvalue weighted by atomic mass is 16.2.